The first-order valence-electron chi connectivity index (χ1n) is 7.15. The van der Waals surface area contributed by atoms with Gasteiger partial charge < -0.3 is 15.6 Å². The van der Waals surface area contributed by atoms with Crippen molar-refractivity contribution < 1.29 is 4.79 Å². The van der Waals surface area contributed by atoms with Crippen molar-refractivity contribution in [2.45, 2.75) is 45.6 Å². The Balaban J connectivity index is 2.02. The zero-order chi connectivity index (χ0) is 13.9. The highest BCUT2D eigenvalue weighted by atomic mass is 16.1. The van der Waals surface area contributed by atoms with E-state index >= 15 is 0 Å². The molecule has 1 aromatic heterocycles. The number of nitrogens with zero attached hydrogens (tertiary/aromatic N) is 2. The van der Waals surface area contributed by atoms with Crippen LogP contribution in [0.2, 0.25) is 0 Å². The minimum absolute atomic E-state index is 0.158. The average Bonchev–Trinajstić information content (AvgIpc) is 2.89. The highest BCUT2D eigenvalue weighted by Crippen LogP contribution is 2.03. The van der Waals surface area contributed by atoms with Crippen LogP contribution in [0.25, 0.3) is 0 Å². The molecule has 0 aliphatic rings. The van der Waals surface area contributed by atoms with Gasteiger partial charge in [-0.15, -0.1) is 0 Å². The highest BCUT2D eigenvalue weighted by molar-refractivity contribution is 5.75. The minimum Gasteiger partial charge on any atom is -0.356 e. The number of nitrogens with two attached hydrogens (primary N) is 1. The van der Waals surface area contributed by atoms with Crippen LogP contribution in [-0.2, 0) is 11.3 Å². The average molecular weight is 266 g/mol. The fourth-order valence-corrected chi connectivity index (χ4v) is 1.98. The molecule has 5 heteroatoms. The van der Waals surface area contributed by atoms with Crippen LogP contribution in [0.1, 0.15) is 39.0 Å². The summed E-state index contributed by atoms with van der Waals surface area (Å²) in [6.07, 6.45) is 10.4. The number of carbonyl (C=O) groups excluding carboxylic acids is 1. The van der Waals surface area contributed by atoms with Gasteiger partial charge in [-0.05, 0) is 25.3 Å². The maximum atomic E-state index is 11.6. The normalized spacial score (nSPS) is 12.3. The molecule has 19 heavy (non-hydrogen) atoms. The predicted octanol–water partition coefficient (Wildman–Crippen LogP) is 1.54. The summed E-state index contributed by atoms with van der Waals surface area (Å²) in [5.74, 6) is 0.570. The van der Waals surface area contributed by atoms with Crippen LogP contribution in [-0.4, -0.2) is 28.5 Å². The van der Waals surface area contributed by atoms with Crippen molar-refractivity contribution in [3.05, 3.63) is 18.7 Å². The second-order valence-corrected chi connectivity index (χ2v) is 5.12. The molecular formula is C14H26N4O. The molecule has 0 spiro atoms. The highest BCUT2D eigenvalue weighted by Gasteiger charge is 2.06. The summed E-state index contributed by atoms with van der Waals surface area (Å²) in [5.41, 5.74) is 5.42. The first-order chi connectivity index (χ1) is 9.22. The number of unbranched alkanes of at least 4 members (excludes halogenated alkanes) is 3. The summed E-state index contributed by atoms with van der Waals surface area (Å²) in [6.45, 7) is 4.48. The lowest BCUT2D eigenvalue weighted by Crippen LogP contribution is -2.29. The van der Waals surface area contributed by atoms with Crippen molar-refractivity contribution in [1.82, 2.24) is 14.9 Å². The Bertz CT molecular complexity index is 337. The Kier molecular flexibility index (Phi) is 7.89. The van der Waals surface area contributed by atoms with E-state index in [9.17, 15) is 4.79 Å². The molecule has 0 aromatic carbocycles. The number of nitrogens with one attached hydrogen (secondary N) is 1. The summed E-state index contributed by atoms with van der Waals surface area (Å²) in [5, 5.41) is 2.99. The number of hydrogen-bond donors (Lipinski definition) is 2. The Morgan fingerprint density at radius 1 is 1.37 bits per heavy atom. The molecule has 0 radical (unpaired) electrons. The number of aromatic nitrogens is 2. The number of imidazole rings is 1. The van der Waals surface area contributed by atoms with E-state index < -0.39 is 0 Å². The van der Waals surface area contributed by atoms with Crippen molar-refractivity contribution in [2.24, 2.45) is 11.7 Å². The third kappa shape index (κ3) is 7.62. The van der Waals surface area contributed by atoms with Gasteiger partial charge in [0.05, 0.1) is 6.33 Å². The Morgan fingerprint density at radius 2 is 2.16 bits per heavy atom. The molecule has 0 bridgehead atoms. The van der Waals surface area contributed by atoms with Gasteiger partial charge in [0.1, 0.15) is 0 Å². The second kappa shape index (κ2) is 9.55. The largest absolute Gasteiger partial charge is 0.356 e. The standard InChI is InChI=1S/C14H26N4O/c1-13(11-18-9-8-16-12-18)10-17-14(19)6-4-2-3-5-7-15/h8-9,12-13H,2-7,10-11,15H2,1H3,(H,17,19). The van der Waals surface area contributed by atoms with E-state index in [-0.39, 0.29) is 5.91 Å². The van der Waals surface area contributed by atoms with Crippen LogP contribution < -0.4 is 11.1 Å². The number of amides is 1. The SMILES string of the molecule is CC(CNC(=O)CCCCCCN)Cn1ccnc1. The van der Waals surface area contributed by atoms with Crippen LogP contribution in [0.3, 0.4) is 0 Å². The van der Waals surface area contributed by atoms with E-state index in [0.717, 1.165) is 45.3 Å². The van der Waals surface area contributed by atoms with Crippen molar-refractivity contribution >= 4 is 5.91 Å². The number of rotatable bonds is 10. The molecular weight excluding hydrogens is 240 g/mol. The molecule has 108 valence electrons. The Labute approximate surface area is 115 Å². The van der Waals surface area contributed by atoms with Crippen molar-refractivity contribution in [2.75, 3.05) is 13.1 Å². The van der Waals surface area contributed by atoms with Gasteiger partial charge in [-0.2, -0.15) is 0 Å². The lowest BCUT2D eigenvalue weighted by molar-refractivity contribution is -0.121. The van der Waals surface area contributed by atoms with Crippen molar-refractivity contribution in [3.8, 4) is 0 Å². The smallest absolute Gasteiger partial charge is 0.220 e. The van der Waals surface area contributed by atoms with Gasteiger partial charge in [0.15, 0.2) is 0 Å². The molecule has 1 heterocycles. The lowest BCUT2D eigenvalue weighted by Gasteiger charge is -2.13. The first-order valence-corrected chi connectivity index (χ1v) is 7.15. The fourth-order valence-electron chi connectivity index (χ4n) is 1.98. The third-order valence-electron chi connectivity index (χ3n) is 3.09. The Hall–Kier alpha value is -1.36. The first kappa shape index (κ1) is 15.7. The monoisotopic (exact) mass is 266 g/mol. The number of carbonyl (C=O) groups is 1. The van der Waals surface area contributed by atoms with E-state index in [2.05, 4.69) is 17.2 Å². The quantitative estimate of drug-likeness (QED) is 0.631. The maximum Gasteiger partial charge on any atom is 0.220 e. The van der Waals surface area contributed by atoms with E-state index in [4.69, 9.17) is 5.73 Å². The molecule has 1 rings (SSSR count). The van der Waals surface area contributed by atoms with Gasteiger partial charge in [0.25, 0.3) is 0 Å². The van der Waals surface area contributed by atoms with Crippen LogP contribution in [0.15, 0.2) is 18.7 Å². The molecule has 0 fully saturated rings. The van der Waals surface area contributed by atoms with Crippen LogP contribution in [0, 0.1) is 5.92 Å². The predicted molar refractivity (Wildman–Crippen MR) is 76.5 cm³/mol. The van der Waals surface area contributed by atoms with Crippen LogP contribution in [0.4, 0.5) is 0 Å². The van der Waals surface area contributed by atoms with E-state index in [1.54, 1.807) is 12.5 Å². The molecule has 1 unspecified atom stereocenters. The van der Waals surface area contributed by atoms with Crippen LogP contribution in [0.5, 0.6) is 0 Å². The van der Waals surface area contributed by atoms with Crippen molar-refractivity contribution in [1.29, 1.82) is 0 Å². The van der Waals surface area contributed by atoms with Gasteiger partial charge in [-0.3, -0.25) is 4.79 Å². The lowest BCUT2D eigenvalue weighted by atomic mass is 10.1. The maximum absolute atomic E-state index is 11.6. The minimum atomic E-state index is 0.158. The van der Waals surface area contributed by atoms with Gasteiger partial charge in [0.2, 0.25) is 5.91 Å². The summed E-state index contributed by atoms with van der Waals surface area (Å²) in [6, 6.07) is 0. The third-order valence-corrected chi connectivity index (χ3v) is 3.09. The summed E-state index contributed by atoms with van der Waals surface area (Å²) in [4.78, 5) is 15.6. The zero-order valence-corrected chi connectivity index (χ0v) is 11.8. The van der Waals surface area contributed by atoms with E-state index in [0.29, 0.717) is 12.3 Å². The molecule has 0 aliphatic carbocycles. The molecule has 1 aromatic rings. The van der Waals surface area contributed by atoms with Crippen molar-refractivity contribution in [3.63, 3.8) is 0 Å². The summed E-state index contributed by atoms with van der Waals surface area (Å²) < 4.78 is 2.03. The molecule has 5 nitrogen and oxygen atoms in total. The second-order valence-electron chi connectivity index (χ2n) is 5.12. The molecule has 3 N–H and O–H groups in total. The van der Waals surface area contributed by atoms with Crippen LogP contribution >= 0.6 is 0 Å². The number of hydrogen-bond acceptors (Lipinski definition) is 3. The molecule has 0 aliphatic heterocycles. The van der Waals surface area contributed by atoms with Gasteiger partial charge in [-0.25, -0.2) is 4.98 Å². The summed E-state index contributed by atoms with van der Waals surface area (Å²) in [7, 11) is 0. The Morgan fingerprint density at radius 3 is 2.84 bits per heavy atom. The molecule has 0 saturated heterocycles. The van der Waals surface area contributed by atoms with Gasteiger partial charge >= 0.3 is 0 Å². The molecule has 0 saturated carbocycles. The van der Waals surface area contributed by atoms with Gasteiger partial charge in [-0.1, -0.05) is 19.8 Å². The van der Waals surface area contributed by atoms with E-state index in [1.165, 1.54) is 0 Å². The topological polar surface area (TPSA) is 72.9 Å². The van der Waals surface area contributed by atoms with Gasteiger partial charge in [0, 0.05) is 31.9 Å². The summed E-state index contributed by atoms with van der Waals surface area (Å²) >= 11 is 0. The fraction of sp³-hybridized carbons (Fsp3) is 0.714. The molecule has 1 amide bonds. The zero-order valence-electron chi connectivity index (χ0n) is 11.8. The van der Waals surface area contributed by atoms with E-state index in [1.807, 2.05) is 10.8 Å². The molecule has 1 atom stereocenters.